The van der Waals surface area contributed by atoms with E-state index >= 15 is 0 Å². The van der Waals surface area contributed by atoms with Crippen molar-refractivity contribution in [2.24, 2.45) is 5.92 Å². The van der Waals surface area contributed by atoms with Crippen LogP contribution < -0.4 is 10.6 Å². The number of hydrogen-bond acceptors (Lipinski definition) is 4. The fourth-order valence-corrected chi connectivity index (χ4v) is 3.70. The molecule has 2 atom stereocenters. The first-order valence-corrected chi connectivity index (χ1v) is 9.14. The lowest BCUT2D eigenvalue weighted by atomic mass is 9.96. The third kappa shape index (κ3) is 4.70. The molecule has 24 heavy (non-hydrogen) atoms. The molecule has 2 aliphatic heterocycles. The maximum absolute atomic E-state index is 12.1. The predicted molar refractivity (Wildman–Crippen MR) is 94.9 cm³/mol. The molecule has 132 valence electrons. The van der Waals surface area contributed by atoms with Crippen molar-refractivity contribution < 1.29 is 9.90 Å². The summed E-state index contributed by atoms with van der Waals surface area (Å²) in [6.45, 7) is 4.20. The van der Waals surface area contributed by atoms with Crippen molar-refractivity contribution in [3.05, 3.63) is 34.9 Å². The average Bonchev–Trinajstić information content (AvgIpc) is 3.03. The zero-order valence-corrected chi connectivity index (χ0v) is 14.6. The fourth-order valence-electron chi connectivity index (χ4n) is 3.50. The largest absolute Gasteiger partial charge is 0.392 e. The van der Waals surface area contributed by atoms with Crippen LogP contribution >= 0.6 is 11.6 Å². The number of piperidine rings is 1. The normalized spacial score (nSPS) is 25.8. The van der Waals surface area contributed by atoms with Gasteiger partial charge in [0, 0.05) is 24.7 Å². The maximum atomic E-state index is 12.1. The van der Waals surface area contributed by atoms with Crippen molar-refractivity contribution >= 4 is 17.5 Å². The molecule has 3 N–H and O–H groups in total. The summed E-state index contributed by atoms with van der Waals surface area (Å²) in [5.41, 5.74) is 1.18. The Bertz CT molecular complexity index is 561. The van der Waals surface area contributed by atoms with E-state index in [1.807, 2.05) is 18.2 Å². The van der Waals surface area contributed by atoms with Crippen molar-refractivity contribution in [2.45, 2.75) is 38.0 Å². The summed E-state index contributed by atoms with van der Waals surface area (Å²) in [4.78, 5) is 14.5. The van der Waals surface area contributed by atoms with Crippen molar-refractivity contribution in [3.8, 4) is 0 Å². The number of nitrogens with one attached hydrogen (secondary N) is 2. The Morgan fingerprint density at radius 3 is 2.75 bits per heavy atom. The summed E-state index contributed by atoms with van der Waals surface area (Å²) < 4.78 is 0. The molecule has 0 saturated carbocycles. The van der Waals surface area contributed by atoms with Crippen molar-refractivity contribution in [2.75, 3.05) is 26.2 Å². The van der Waals surface area contributed by atoms with Gasteiger partial charge in [-0.15, -0.1) is 0 Å². The summed E-state index contributed by atoms with van der Waals surface area (Å²) in [6, 6.07) is 7.77. The third-order valence-electron chi connectivity index (χ3n) is 5.05. The molecule has 1 aromatic rings. The van der Waals surface area contributed by atoms with Gasteiger partial charge in [0.05, 0.1) is 12.1 Å². The number of carbonyl (C=O) groups excluding carboxylic acids is 1. The topological polar surface area (TPSA) is 64.6 Å². The highest BCUT2D eigenvalue weighted by Crippen LogP contribution is 2.22. The smallest absolute Gasteiger partial charge is 0.237 e. The molecule has 1 amide bonds. The van der Waals surface area contributed by atoms with Crippen molar-refractivity contribution in [3.63, 3.8) is 0 Å². The average molecular weight is 352 g/mol. The number of hydrogen-bond donors (Lipinski definition) is 3. The van der Waals surface area contributed by atoms with E-state index in [2.05, 4.69) is 21.6 Å². The molecule has 0 aromatic heterocycles. The molecular weight excluding hydrogens is 326 g/mol. The highest BCUT2D eigenvalue weighted by atomic mass is 35.5. The lowest BCUT2D eigenvalue weighted by Gasteiger charge is -2.32. The van der Waals surface area contributed by atoms with Crippen LogP contribution in [0, 0.1) is 5.92 Å². The first kappa shape index (κ1) is 17.7. The Kier molecular flexibility index (Phi) is 6.11. The van der Waals surface area contributed by atoms with Gasteiger partial charge in [0.25, 0.3) is 0 Å². The maximum Gasteiger partial charge on any atom is 0.237 e. The molecule has 0 aliphatic carbocycles. The zero-order chi connectivity index (χ0) is 16.9. The Labute approximate surface area is 148 Å². The number of halogens is 1. The SMILES string of the molecule is O=C(NCC1CCN(Cc2ccccc2Cl)CC1)[C@H]1C[C@H](O)CN1. The summed E-state index contributed by atoms with van der Waals surface area (Å²) >= 11 is 6.23. The van der Waals surface area contributed by atoms with Gasteiger partial charge >= 0.3 is 0 Å². The van der Waals surface area contributed by atoms with E-state index in [0.29, 0.717) is 18.9 Å². The number of rotatable bonds is 5. The van der Waals surface area contributed by atoms with E-state index in [-0.39, 0.29) is 11.9 Å². The van der Waals surface area contributed by atoms with Gasteiger partial charge in [-0.1, -0.05) is 29.8 Å². The van der Waals surface area contributed by atoms with E-state index in [9.17, 15) is 9.90 Å². The van der Waals surface area contributed by atoms with Crippen molar-refractivity contribution in [1.82, 2.24) is 15.5 Å². The lowest BCUT2D eigenvalue weighted by Crippen LogP contribution is -2.44. The molecule has 2 fully saturated rings. The Morgan fingerprint density at radius 2 is 2.08 bits per heavy atom. The second-order valence-electron chi connectivity index (χ2n) is 6.91. The van der Waals surface area contributed by atoms with Crippen molar-refractivity contribution in [1.29, 1.82) is 0 Å². The number of aliphatic hydroxyl groups excluding tert-OH is 1. The van der Waals surface area contributed by atoms with Gasteiger partial charge in [0.15, 0.2) is 0 Å². The van der Waals surface area contributed by atoms with Crippen LogP contribution in [0.2, 0.25) is 5.02 Å². The van der Waals surface area contributed by atoms with Gasteiger partial charge in [0.2, 0.25) is 5.91 Å². The van der Waals surface area contributed by atoms with Crippen LogP contribution in [0.15, 0.2) is 24.3 Å². The molecule has 2 saturated heterocycles. The number of β-amino-alcohol motifs (C(OH)–C–C–N with tert-alkyl or cyclic N) is 1. The molecule has 0 bridgehead atoms. The fraction of sp³-hybridized carbons (Fsp3) is 0.611. The summed E-state index contributed by atoms with van der Waals surface area (Å²) in [5, 5.41) is 16.4. The molecule has 0 spiro atoms. The first-order chi connectivity index (χ1) is 11.6. The Hall–Kier alpha value is -1.14. The summed E-state index contributed by atoms with van der Waals surface area (Å²) in [7, 11) is 0. The molecule has 5 nitrogen and oxygen atoms in total. The minimum atomic E-state index is -0.395. The van der Waals surface area contributed by atoms with Gasteiger partial charge in [-0.3, -0.25) is 9.69 Å². The van der Waals surface area contributed by atoms with E-state index in [4.69, 9.17) is 11.6 Å². The number of benzene rings is 1. The first-order valence-electron chi connectivity index (χ1n) is 8.76. The number of likely N-dealkylation sites (tertiary alicyclic amines) is 1. The second-order valence-corrected chi connectivity index (χ2v) is 7.31. The summed E-state index contributed by atoms with van der Waals surface area (Å²) in [5.74, 6) is 0.549. The van der Waals surface area contributed by atoms with Gasteiger partial charge in [-0.2, -0.15) is 0 Å². The number of aliphatic hydroxyl groups is 1. The van der Waals surface area contributed by atoms with E-state index in [0.717, 1.165) is 44.0 Å². The highest BCUT2D eigenvalue weighted by Gasteiger charge is 2.28. The van der Waals surface area contributed by atoms with Crippen LogP contribution in [0.4, 0.5) is 0 Å². The molecule has 3 rings (SSSR count). The van der Waals surface area contributed by atoms with Crippen LogP contribution in [0.3, 0.4) is 0 Å². The van der Waals surface area contributed by atoms with Crippen LogP contribution in [0.5, 0.6) is 0 Å². The van der Waals surface area contributed by atoms with Crippen LogP contribution in [-0.2, 0) is 11.3 Å². The van der Waals surface area contributed by atoms with Crippen LogP contribution in [0.1, 0.15) is 24.8 Å². The zero-order valence-electron chi connectivity index (χ0n) is 13.9. The standard InChI is InChI=1S/C18H26ClN3O2/c19-16-4-2-1-3-14(16)12-22-7-5-13(6-8-22)10-21-18(24)17-9-15(23)11-20-17/h1-4,13,15,17,20,23H,5-12H2,(H,21,24)/t15-,17+/m0/s1. The number of nitrogens with zero attached hydrogens (tertiary/aromatic N) is 1. The van der Waals surface area contributed by atoms with Crippen LogP contribution in [-0.4, -0.2) is 54.2 Å². The number of amides is 1. The molecule has 0 radical (unpaired) electrons. The predicted octanol–water partition coefficient (Wildman–Crippen LogP) is 1.39. The minimum absolute atomic E-state index is 0.0186. The Morgan fingerprint density at radius 1 is 1.33 bits per heavy atom. The van der Waals surface area contributed by atoms with Gasteiger partial charge in [0.1, 0.15) is 0 Å². The molecule has 2 heterocycles. The van der Waals surface area contributed by atoms with Gasteiger partial charge in [-0.25, -0.2) is 0 Å². The molecule has 1 aromatic carbocycles. The van der Waals surface area contributed by atoms with E-state index in [1.54, 1.807) is 0 Å². The highest BCUT2D eigenvalue weighted by molar-refractivity contribution is 6.31. The molecule has 2 aliphatic rings. The monoisotopic (exact) mass is 351 g/mol. The van der Waals surface area contributed by atoms with E-state index < -0.39 is 6.10 Å². The van der Waals surface area contributed by atoms with Gasteiger partial charge < -0.3 is 15.7 Å². The molecular formula is C18H26ClN3O2. The Balaban J connectivity index is 1.38. The minimum Gasteiger partial charge on any atom is -0.392 e. The third-order valence-corrected chi connectivity index (χ3v) is 5.42. The molecule has 0 unspecified atom stereocenters. The van der Waals surface area contributed by atoms with E-state index in [1.165, 1.54) is 5.56 Å². The van der Waals surface area contributed by atoms with Crippen LogP contribution in [0.25, 0.3) is 0 Å². The second kappa shape index (κ2) is 8.30. The quantitative estimate of drug-likeness (QED) is 0.750. The lowest BCUT2D eigenvalue weighted by molar-refractivity contribution is -0.123. The molecule has 6 heteroatoms. The summed E-state index contributed by atoms with van der Waals surface area (Å²) in [6.07, 6.45) is 2.30. The van der Waals surface area contributed by atoms with Gasteiger partial charge in [-0.05, 0) is 49.9 Å². The number of carbonyl (C=O) groups is 1.